The average molecular weight is 276 g/mol. The fraction of sp³-hybridized carbons (Fsp3) is 0.667. The number of carbonyl (C=O) groups is 1. The van der Waals surface area contributed by atoms with E-state index in [0.29, 0.717) is 11.5 Å². The Kier molecular flexibility index (Phi) is 4.70. The molecule has 0 radical (unpaired) electrons. The summed E-state index contributed by atoms with van der Waals surface area (Å²) in [5, 5.41) is 0. The average Bonchev–Trinajstić information content (AvgIpc) is 2.46. The first-order valence-corrected chi connectivity index (χ1v) is 7.35. The molecule has 0 unspecified atom stereocenters. The summed E-state index contributed by atoms with van der Waals surface area (Å²) in [6.45, 7) is 7.64. The van der Waals surface area contributed by atoms with E-state index in [2.05, 4.69) is 9.97 Å². The number of likely N-dealkylation sites (tertiary alicyclic amines) is 1. The maximum atomic E-state index is 12.7. The molecule has 0 saturated carbocycles. The van der Waals surface area contributed by atoms with Crippen molar-refractivity contribution in [3.63, 3.8) is 0 Å². The summed E-state index contributed by atoms with van der Waals surface area (Å²) in [5.74, 6) is 0.644. The molecule has 5 nitrogen and oxygen atoms in total. The highest BCUT2D eigenvalue weighted by atomic mass is 16.2. The smallest absolute Gasteiger partial charge is 0.257 e. The summed E-state index contributed by atoms with van der Waals surface area (Å²) in [6, 6.07) is 0.127. The van der Waals surface area contributed by atoms with E-state index in [-0.39, 0.29) is 17.9 Å². The Morgan fingerprint density at radius 3 is 2.85 bits per heavy atom. The predicted octanol–water partition coefficient (Wildman–Crippen LogP) is 1.80. The highest BCUT2D eigenvalue weighted by molar-refractivity contribution is 5.95. The Hall–Kier alpha value is -1.49. The van der Waals surface area contributed by atoms with Gasteiger partial charge in [0.25, 0.3) is 5.91 Å². The second-order valence-electron chi connectivity index (χ2n) is 5.99. The molecule has 2 N–H and O–H groups in total. The van der Waals surface area contributed by atoms with Crippen LogP contribution in [-0.2, 0) is 0 Å². The van der Waals surface area contributed by atoms with Crippen LogP contribution >= 0.6 is 0 Å². The molecule has 1 aromatic heterocycles. The summed E-state index contributed by atoms with van der Waals surface area (Å²) in [7, 11) is 0. The number of hydrogen-bond donors (Lipinski definition) is 1. The fourth-order valence-corrected chi connectivity index (χ4v) is 2.76. The molecule has 110 valence electrons. The van der Waals surface area contributed by atoms with E-state index in [0.717, 1.165) is 31.6 Å². The van der Waals surface area contributed by atoms with E-state index in [4.69, 9.17) is 5.73 Å². The van der Waals surface area contributed by atoms with Crippen LogP contribution in [0, 0.1) is 5.92 Å². The van der Waals surface area contributed by atoms with Crippen LogP contribution in [0.2, 0.25) is 0 Å². The van der Waals surface area contributed by atoms with Crippen molar-refractivity contribution >= 4 is 5.91 Å². The van der Waals surface area contributed by atoms with Crippen LogP contribution in [0.25, 0.3) is 0 Å². The van der Waals surface area contributed by atoms with E-state index in [1.54, 1.807) is 6.20 Å². The van der Waals surface area contributed by atoms with Gasteiger partial charge in [0, 0.05) is 25.3 Å². The lowest BCUT2D eigenvalue weighted by molar-refractivity contribution is 0.0658. The van der Waals surface area contributed by atoms with Gasteiger partial charge in [-0.2, -0.15) is 0 Å². The third-order valence-corrected chi connectivity index (χ3v) is 4.01. The molecule has 1 amide bonds. The summed E-state index contributed by atoms with van der Waals surface area (Å²) >= 11 is 0. The first-order valence-electron chi connectivity index (χ1n) is 7.35. The van der Waals surface area contributed by atoms with E-state index in [1.807, 2.05) is 25.7 Å². The third-order valence-electron chi connectivity index (χ3n) is 4.01. The molecule has 1 saturated heterocycles. The number of aromatic nitrogens is 2. The number of nitrogens with zero attached hydrogens (tertiary/aromatic N) is 3. The first kappa shape index (κ1) is 14.9. The predicted molar refractivity (Wildman–Crippen MR) is 78.4 cm³/mol. The van der Waals surface area contributed by atoms with Crippen LogP contribution in [0.1, 0.15) is 55.6 Å². The molecule has 0 aliphatic carbocycles. The molecule has 0 aromatic carbocycles. The van der Waals surface area contributed by atoms with Gasteiger partial charge in [0.1, 0.15) is 6.33 Å². The van der Waals surface area contributed by atoms with Gasteiger partial charge in [0.05, 0.1) is 11.3 Å². The Morgan fingerprint density at radius 1 is 1.45 bits per heavy atom. The number of carbonyl (C=O) groups excluding carboxylic acids is 1. The van der Waals surface area contributed by atoms with Crippen molar-refractivity contribution in [3.05, 3.63) is 23.8 Å². The fourth-order valence-electron chi connectivity index (χ4n) is 2.76. The highest BCUT2D eigenvalue weighted by Crippen LogP contribution is 2.23. The van der Waals surface area contributed by atoms with E-state index < -0.39 is 0 Å². The maximum absolute atomic E-state index is 12.7. The van der Waals surface area contributed by atoms with Gasteiger partial charge in [-0.3, -0.25) is 4.79 Å². The Labute approximate surface area is 120 Å². The minimum atomic E-state index is 0.0413. The van der Waals surface area contributed by atoms with E-state index in [9.17, 15) is 4.79 Å². The second-order valence-corrected chi connectivity index (χ2v) is 5.99. The van der Waals surface area contributed by atoms with Crippen LogP contribution in [0.4, 0.5) is 0 Å². The Bertz CT molecular complexity index is 473. The number of rotatable bonds is 3. The van der Waals surface area contributed by atoms with Gasteiger partial charge in [0.15, 0.2) is 0 Å². The molecular weight excluding hydrogens is 252 g/mol. The molecule has 2 atom stereocenters. The minimum Gasteiger partial charge on any atom is -0.338 e. The summed E-state index contributed by atoms with van der Waals surface area (Å²) < 4.78 is 0. The number of hydrogen-bond acceptors (Lipinski definition) is 4. The standard InChI is InChI=1S/C15H24N4O/c1-10(2)14-13(7-17-9-18-14)15(20)19-6-4-5-12(8-19)11(3)16/h7,9-12H,4-6,8,16H2,1-3H3/t11-,12-/m1/s1. The largest absolute Gasteiger partial charge is 0.338 e. The van der Waals surface area contributed by atoms with Crippen molar-refractivity contribution < 1.29 is 4.79 Å². The van der Waals surface area contributed by atoms with Gasteiger partial charge in [0.2, 0.25) is 0 Å². The topological polar surface area (TPSA) is 72.1 Å². The van der Waals surface area contributed by atoms with Crippen LogP contribution in [0.3, 0.4) is 0 Å². The number of amides is 1. The molecule has 0 bridgehead atoms. The molecule has 5 heteroatoms. The second kappa shape index (κ2) is 6.31. The van der Waals surface area contributed by atoms with Crippen LogP contribution in [-0.4, -0.2) is 39.9 Å². The summed E-state index contributed by atoms with van der Waals surface area (Å²) in [6.07, 6.45) is 5.26. The van der Waals surface area contributed by atoms with Gasteiger partial charge in [-0.05, 0) is 31.6 Å². The summed E-state index contributed by atoms with van der Waals surface area (Å²) in [5.41, 5.74) is 7.44. The number of nitrogens with two attached hydrogens (primary N) is 1. The molecule has 1 aliphatic rings. The molecule has 1 fully saturated rings. The normalized spacial score (nSPS) is 21.1. The maximum Gasteiger partial charge on any atom is 0.257 e. The highest BCUT2D eigenvalue weighted by Gasteiger charge is 2.28. The molecule has 0 spiro atoms. The minimum absolute atomic E-state index is 0.0413. The molecule has 1 aliphatic heterocycles. The van der Waals surface area contributed by atoms with Crippen molar-refractivity contribution in [1.82, 2.24) is 14.9 Å². The third kappa shape index (κ3) is 3.15. The zero-order valence-corrected chi connectivity index (χ0v) is 12.5. The van der Waals surface area contributed by atoms with Crippen molar-refractivity contribution in [3.8, 4) is 0 Å². The SMILES string of the molecule is CC(C)c1ncncc1C(=O)N1CCC[C@@H]([C@@H](C)N)C1. The van der Waals surface area contributed by atoms with Gasteiger partial charge in [-0.15, -0.1) is 0 Å². The lowest BCUT2D eigenvalue weighted by atomic mass is 9.91. The van der Waals surface area contributed by atoms with Crippen molar-refractivity contribution in [2.45, 2.75) is 45.6 Å². The molecule has 2 rings (SSSR count). The molecule has 1 aromatic rings. The van der Waals surface area contributed by atoms with Crippen molar-refractivity contribution in [1.29, 1.82) is 0 Å². The Morgan fingerprint density at radius 2 is 2.20 bits per heavy atom. The van der Waals surface area contributed by atoms with Gasteiger partial charge < -0.3 is 10.6 Å². The van der Waals surface area contributed by atoms with Crippen molar-refractivity contribution in [2.24, 2.45) is 11.7 Å². The monoisotopic (exact) mass is 276 g/mol. The first-order chi connectivity index (χ1) is 9.50. The van der Waals surface area contributed by atoms with Gasteiger partial charge in [-0.25, -0.2) is 9.97 Å². The molecular formula is C15H24N4O. The van der Waals surface area contributed by atoms with Crippen LogP contribution < -0.4 is 5.73 Å². The molecule has 20 heavy (non-hydrogen) atoms. The lowest BCUT2D eigenvalue weighted by Crippen LogP contribution is -2.45. The van der Waals surface area contributed by atoms with Crippen LogP contribution in [0.5, 0.6) is 0 Å². The van der Waals surface area contributed by atoms with Crippen LogP contribution in [0.15, 0.2) is 12.5 Å². The number of piperidine rings is 1. The quantitative estimate of drug-likeness (QED) is 0.913. The molecule has 2 heterocycles. The van der Waals surface area contributed by atoms with E-state index in [1.165, 1.54) is 6.33 Å². The summed E-state index contributed by atoms with van der Waals surface area (Å²) in [4.78, 5) is 22.9. The van der Waals surface area contributed by atoms with Crippen molar-refractivity contribution in [2.75, 3.05) is 13.1 Å². The lowest BCUT2D eigenvalue weighted by Gasteiger charge is -2.35. The van der Waals surface area contributed by atoms with Gasteiger partial charge >= 0.3 is 0 Å². The van der Waals surface area contributed by atoms with Gasteiger partial charge in [-0.1, -0.05) is 13.8 Å². The van der Waals surface area contributed by atoms with E-state index >= 15 is 0 Å². The Balaban J connectivity index is 2.19. The zero-order valence-electron chi connectivity index (χ0n) is 12.5. The zero-order chi connectivity index (χ0) is 14.7.